The highest BCUT2D eigenvalue weighted by Gasteiger charge is 2.38. The summed E-state index contributed by atoms with van der Waals surface area (Å²) >= 11 is 0. The molecule has 0 aromatic carbocycles. The first-order chi connectivity index (χ1) is 8.65. The van der Waals surface area contributed by atoms with E-state index in [1.807, 2.05) is 20.8 Å². The number of carbonyl (C=O) groups excluding carboxylic acids is 1. The third-order valence-corrected chi connectivity index (χ3v) is 3.91. The third-order valence-electron chi connectivity index (χ3n) is 3.91. The fourth-order valence-electron chi connectivity index (χ4n) is 2.48. The number of carbonyl (C=O) groups is 1. The van der Waals surface area contributed by atoms with Crippen molar-refractivity contribution in [2.75, 3.05) is 6.54 Å². The molecular weight excluding hydrogens is 250 g/mol. The normalized spacial score (nSPS) is 22.0. The van der Waals surface area contributed by atoms with E-state index in [1.54, 1.807) is 0 Å². The maximum Gasteiger partial charge on any atom is 0.248 e. The number of nitrogens with one attached hydrogen (secondary N) is 1. The van der Waals surface area contributed by atoms with Crippen LogP contribution in [0.15, 0.2) is 0 Å². The Hall–Kier alpha value is -0.710. The van der Waals surface area contributed by atoms with Crippen LogP contribution in [-0.4, -0.2) is 24.4 Å². The van der Waals surface area contributed by atoms with Crippen molar-refractivity contribution in [1.29, 1.82) is 0 Å². The van der Waals surface area contributed by atoms with Crippen LogP contribution in [0.5, 0.6) is 0 Å². The summed E-state index contributed by atoms with van der Waals surface area (Å²) in [5.74, 6) is -2.96. The third kappa shape index (κ3) is 5.05. The maximum atomic E-state index is 13.1. The standard InChI is InChI=1S/C14H26F2N2O/c1-13(2,3)11(6-9-17)18-12(19)10-4-7-14(15,16)8-5-10/h10-11H,4-9,17H2,1-3H3,(H,18,19). The van der Waals surface area contributed by atoms with Crippen LogP contribution in [0.3, 0.4) is 0 Å². The van der Waals surface area contributed by atoms with E-state index in [9.17, 15) is 13.6 Å². The number of rotatable bonds is 4. The van der Waals surface area contributed by atoms with E-state index >= 15 is 0 Å². The molecule has 1 unspecified atom stereocenters. The molecule has 0 aliphatic heterocycles. The monoisotopic (exact) mass is 276 g/mol. The molecule has 3 nitrogen and oxygen atoms in total. The number of hydrogen-bond acceptors (Lipinski definition) is 2. The van der Waals surface area contributed by atoms with Crippen LogP contribution in [0.4, 0.5) is 8.78 Å². The van der Waals surface area contributed by atoms with Gasteiger partial charge >= 0.3 is 0 Å². The SMILES string of the molecule is CC(C)(C)C(CCN)NC(=O)C1CCC(F)(F)CC1. The topological polar surface area (TPSA) is 55.1 Å². The number of amides is 1. The minimum Gasteiger partial charge on any atom is -0.353 e. The summed E-state index contributed by atoms with van der Waals surface area (Å²) in [5, 5.41) is 2.99. The van der Waals surface area contributed by atoms with E-state index in [-0.39, 0.29) is 49.0 Å². The molecule has 0 radical (unpaired) electrons. The van der Waals surface area contributed by atoms with Crippen LogP contribution in [-0.2, 0) is 4.79 Å². The zero-order valence-corrected chi connectivity index (χ0v) is 12.1. The molecule has 19 heavy (non-hydrogen) atoms. The van der Waals surface area contributed by atoms with Crippen molar-refractivity contribution in [3.05, 3.63) is 0 Å². The minimum absolute atomic E-state index is 0.00700. The molecule has 1 rings (SSSR count). The van der Waals surface area contributed by atoms with Crippen molar-refractivity contribution >= 4 is 5.91 Å². The Morgan fingerprint density at radius 1 is 1.37 bits per heavy atom. The van der Waals surface area contributed by atoms with E-state index in [4.69, 9.17) is 5.73 Å². The van der Waals surface area contributed by atoms with Crippen LogP contribution < -0.4 is 11.1 Å². The van der Waals surface area contributed by atoms with Crippen molar-refractivity contribution in [1.82, 2.24) is 5.32 Å². The van der Waals surface area contributed by atoms with Crippen LogP contribution in [0.25, 0.3) is 0 Å². The Balaban J connectivity index is 2.54. The number of halogens is 2. The zero-order chi connectivity index (χ0) is 14.7. The quantitative estimate of drug-likeness (QED) is 0.829. The van der Waals surface area contributed by atoms with Crippen molar-refractivity contribution in [2.24, 2.45) is 17.1 Å². The smallest absolute Gasteiger partial charge is 0.248 e. The molecule has 0 bridgehead atoms. The van der Waals surface area contributed by atoms with Crippen LogP contribution in [0.1, 0.15) is 52.9 Å². The van der Waals surface area contributed by atoms with E-state index in [2.05, 4.69) is 5.32 Å². The molecule has 0 aromatic rings. The first kappa shape index (κ1) is 16.3. The minimum atomic E-state index is -2.59. The van der Waals surface area contributed by atoms with Gasteiger partial charge in [-0.1, -0.05) is 20.8 Å². The second-order valence-electron chi connectivity index (χ2n) is 6.63. The first-order valence-electron chi connectivity index (χ1n) is 7.04. The summed E-state index contributed by atoms with van der Waals surface area (Å²) in [6, 6.07) is -0.00700. The molecular formula is C14H26F2N2O. The summed E-state index contributed by atoms with van der Waals surface area (Å²) in [5.41, 5.74) is 5.49. The van der Waals surface area contributed by atoms with Crippen molar-refractivity contribution < 1.29 is 13.6 Å². The van der Waals surface area contributed by atoms with Gasteiger partial charge in [0.15, 0.2) is 0 Å². The fraction of sp³-hybridized carbons (Fsp3) is 0.929. The largest absolute Gasteiger partial charge is 0.353 e. The molecule has 0 aromatic heterocycles. The van der Waals surface area contributed by atoms with Crippen LogP contribution in [0.2, 0.25) is 0 Å². The second kappa shape index (κ2) is 6.16. The average molecular weight is 276 g/mol. The molecule has 112 valence electrons. The number of nitrogens with two attached hydrogens (primary N) is 1. The molecule has 3 N–H and O–H groups in total. The molecule has 0 heterocycles. The van der Waals surface area contributed by atoms with E-state index in [0.29, 0.717) is 13.0 Å². The Labute approximate surface area is 114 Å². The lowest BCUT2D eigenvalue weighted by Crippen LogP contribution is -2.48. The predicted molar refractivity (Wildman–Crippen MR) is 72.0 cm³/mol. The Morgan fingerprint density at radius 2 is 1.89 bits per heavy atom. The van der Waals surface area contributed by atoms with E-state index in [0.717, 1.165) is 0 Å². The lowest BCUT2D eigenvalue weighted by atomic mass is 9.82. The van der Waals surface area contributed by atoms with E-state index < -0.39 is 5.92 Å². The highest BCUT2D eigenvalue weighted by molar-refractivity contribution is 5.79. The zero-order valence-electron chi connectivity index (χ0n) is 12.1. The highest BCUT2D eigenvalue weighted by atomic mass is 19.3. The van der Waals surface area contributed by atoms with Gasteiger partial charge in [0, 0.05) is 24.8 Å². The van der Waals surface area contributed by atoms with Crippen molar-refractivity contribution in [3.63, 3.8) is 0 Å². The summed E-state index contributed by atoms with van der Waals surface area (Å²) < 4.78 is 26.1. The van der Waals surface area contributed by atoms with Crippen LogP contribution >= 0.6 is 0 Å². The van der Waals surface area contributed by atoms with Gasteiger partial charge in [0.25, 0.3) is 0 Å². The molecule has 1 amide bonds. The van der Waals surface area contributed by atoms with Gasteiger partial charge in [0.2, 0.25) is 11.8 Å². The highest BCUT2D eigenvalue weighted by Crippen LogP contribution is 2.36. The first-order valence-corrected chi connectivity index (χ1v) is 7.04. The molecule has 1 atom stereocenters. The summed E-state index contributed by atoms with van der Waals surface area (Å²) in [7, 11) is 0. The summed E-state index contributed by atoms with van der Waals surface area (Å²) in [6.45, 7) is 6.64. The van der Waals surface area contributed by atoms with E-state index in [1.165, 1.54) is 0 Å². The Morgan fingerprint density at radius 3 is 2.32 bits per heavy atom. The molecule has 1 aliphatic carbocycles. The molecule has 0 saturated heterocycles. The van der Waals surface area contributed by atoms with Crippen LogP contribution in [0, 0.1) is 11.3 Å². The summed E-state index contributed by atoms with van der Waals surface area (Å²) in [6.07, 6.45) is 0.902. The maximum absolute atomic E-state index is 13.1. The van der Waals surface area contributed by atoms with Gasteiger partial charge in [-0.2, -0.15) is 0 Å². The van der Waals surface area contributed by atoms with Gasteiger partial charge in [0.1, 0.15) is 0 Å². The fourth-order valence-corrected chi connectivity index (χ4v) is 2.48. The lowest BCUT2D eigenvalue weighted by molar-refractivity contribution is -0.130. The molecule has 1 saturated carbocycles. The van der Waals surface area contributed by atoms with Gasteiger partial charge < -0.3 is 11.1 Å². The molecule has 0 spiro atoms. The lowest BCUT2D eigenvalue weighted by Gasteiger charge is -2.34. The average Bonchev–Trinajstić information content (AvgIpc) is 2.26. The van der Waals surface area contributed by atoms with Gasteiger partial charge in [-0.15, -0.1) is 0 Å². The molecule has 1 aliphatic rings. The Kier molecular flexibility index (Phi) is 5.30. The van der Waals surface area contributed by atoms with Gasteiger partial charge in [-0.3, -0.25) is 4.79 Å². The number of alkyl halides is 2. The molecule has 5 heteroatoms. The van der Waals surface area contributed by atoms with Gasteiger partial charge in [0.05, 0.1) is 0 Å². The van der Waals surface area contributed by atoms with Gasteiger partial charge in [-0.05, 0) is 31.2 Å². The van der Waals surface area contributed by atoms with Gasteiger partial charge in [-0.25, -0.2) is 8.78 Å². The Bertz CT molecular complexity index is 303. The second-order valence-corrected chi connectivity index (χ2v) is 6.63. The predicted octanol–water partition coefficient (Wildman–Crippen LogP) is 2.69. The summed E-state index contributed by atoms with van der Waals surface area (Å²) in [4.78, 5) is 12.1. The number of hydrogen-bond donors (Lipinski definition) is 2. The van der Waals surface area contributed by atoms with Crippen molar-refractivity contribution in [2.45, 2.75) is 64.8 Å². The molecule has 1 fully saturated rings. The van der Waals surface area contributed by atoms with Crippen molar-refractivity contribution in [3.8, 4) is 0 Å².